The van der Waals surface area contributed by atoms with Crippen molar-refractivity contribution in [3.05, 3.63) is 64.5 Å². The molecule has 3 rings (SSSR count). The molecule has 3 aromatic rings. The molecule has 0 unspecified atom stereocenters. The maximum Gasteiger partial charge on any atom is 0.258 e. The van der Waals surface area contributed by atoms with Crippen LogP contribution in [0.3, 0.4) is 0 Å². The second-order valence-electron chi connectivity index (χ2n) is 6.26. The second kappa shape index (κ2) is 8.81. The van der Waals surface area contributed by atoms with Crippen molar-refractivity contribution in [2.24, 2.45) is 0 Å². The number of imidazole rings is 1. The van der Waals surface area contributed by atoms with E-state index in [9.17, 15) is 9.59 Å². The first-order valence-electron chi connectivity index (χ1n) is 8.60. The fourth-order valence-corrected chi connectivity index (χ4v) is 2.92. The fraction of sp³-hybridized carbons (Fsp3) is 0.250. The molecule has 0 spiro atoms. The lowest BCUT2D eigenvalue weighted by atomic mass is 10.1. The summed E-state index contributed by atoms with van der Waals surface area (Å²) in [4.78, 5) is 27.4. The summed E-state index contributed by atoms with van der Waals surface area (Å²) in [6.07, 6.45) is 5.03. The van der Waals surface area contributed by atoms with Gasteiger partial charge in [0.25, 0.3) is 5.91 Å². The van der Waals surface area contributed by atoms with Crippen LogP contribution in [0.2, 0.25) is 0 Å². The minimum Gasteiger partial charge on any atom is -0.484 e. The zero-order chi connectivity index (χ0) is 19.2. The predicted octanol–water partition coefficient (Wildman–Crippen LogP) is 3.31. The molecule has 0 fully saturated rings. The Morgan fingerprint density at radius 2 is 1.93 bits per heavy atom. The molecule has 1 aromatic carbocycles. The quantitative estimate of drug-likeness (QED) is 0.595. The Hall–Kier alpha value is -2.67. The van der Waals surface area contributed by atoms with Gasteiger partial charge in [-0.1, -0.05) is 12.1 Å². The summed E-state index contributed by atoms with van der Waals surface area (Å²) in [6, 6.07) is 11.3. The molecule has 0 saturated carbocycles. The van der Waals surface area contributed by atoms with Gasteiger partial charge in [0.1, 0.15) is 17.2 Å². The highest BCUT2D eigenvalue weighted by Gasteiger charge is 2.06. The number of benzene rings is 1. The van der Waals surface area contributed by atoms with Gasteiger partial charge in [0.2, 0.25) is 0 Å². The van der Waals surface area contributed by atoms with E-state index >= 15 is 0 Å². The van der Waals surface area contributed by atoms with Gasteiger partial charge in [0, 0.05) is 23.3 Å². The first kappa shape index (κ1) is 19.1. The highest BCUT2D eigenvalue weighted by molar-refractivity contribution is 9.10. The number of ether oxygens (including phenoxy) is 1. The van der Waals surface area contributed by atoms with Crippen LogP contribution in [0.1, 0.15) is 24.6 Å². The third-order valence-corrected chi connectivity index (χ3v) is 4.46. The molecule has 0 radical (unpaired) electrons. The number of hydrogen-bond acceptors (Lipinski definition) is 4. The van der Waals surface area contributed by atoms with E-state index in [-0.39, 0.29) is 18.3 Å². The number of pyridine rings is 1. The zero-order valence-corrected chi connectivity index (χ0v) is 16.5. The largest absolute Gasteiger partial charge is 0.484 e. The molecule has 1 amide bonds. The van der Waals surface area contributed by atoms with Crippen LogP contribution in [0.25, 0.3) is 5.65 Å². The van der Waals surface area contributed by atoms with Crippen molar-refractivity contribution in [3.63, 3.8) is 0 Å². The van der Waals surface area contributed by atoms with Gasteiger partial charge in [0.15, 0.2) is 6.61 Å². The number of amides is 1. The lowest BCUT2D eigenvalue weighted by molar-refractivity contribution is -0.123. The SMILES string of the molecule is CC(=O)CCc1ccc(OCC(=O)NCc2cn3cc(Br)ccc3n2)cc1. The molecule has 1 N–H and O–H groups in total. The number of carbonyl (C=O) groups excluding carboxylic acids is 2. The third-order valence-electron chi connectivity index (χ3n) is 3.99. The molecule has 2 aromatic heterocycles. The van der Waals surface area contributed by atoms with Crippen LogP contribution >= 0.6 is 15.9 Å². The molecule has 2 heterocycles. The van der Waals surface area contributed by atoms with Crippen LogP contribution in [-0.2, 0) is 22.6 Å². The van der Waals surface area contributed by atoms with Crippen molar-refractivity contribution in [2.75, 3.05) is 6.61 Å². The van der Waals surface area contributed by atoms with E-state index in [2.05, 4.69) is 26.2 Å². The molecule has 27 heavy (non-hydrogen) atoms. The first-order valence-corrected chi connectivity index (χ1v) is 9.40. The average molecular weight is 430 g/mol. The van der Waals surface area contributed by atoms with Crippen molar-refractivity contribution >= 4 is 33.3 Å². The predicted molar refractivity (Wildman–Crippen MR) is 106 cm³/mol. The maximum atomic E-state index is 12.0. The Labute approximate surface area is 165 Å². The van der Waals surface area contributed by atoms with Gasteiger partial charge < -0.3 is 19.2 Å². The van der Waals surface area contributed by atoms with E-state index in [1.54, 1.807) is 6.92 Å². The Kier molecular flexibility index (Phi) is 6.24. The van der Waals surface area contributed by atoms with E-state index in [1.165, 1.54) is 0 Å². The third kappa shape index (κ3) is 5.65. The summed E-state index contributed by atoms with van der Waals surface area (Å²) in [6.45, 7) is 1.86. The van der Waals surface area contributed by atoms with Crippen molar-refractivity contribution in [1.29, 1.82) is 0 Å². The van der Waals surface area contributed by atoms with Gasteiger partial charge in [-0.05, 0) is 59.1 Å². The monoisotopic (exact) mass is 429 g/mol. The van der Waals surface area contributed by atoms with Gasteiger partial charge in [-0.2, -0.15) is 0 Å². The summed E-state index contributed by atoms with van der Waals surface area (Å²) in [5.41, 5.74) is 2.67. The van der Waals surface area contributed by atoms with E-state index in [0.29, 0.717) is 25.1 Å². The number of carbonyl (C=O) groups is 2. The first-order chi connectivity index (χ1) is 13.0. The summed E-state index contributed by atoms with van der Waals surface area (Å²) in [7, 11) is 0. The van der Waals surface area contributed by atoms with Gasteiger partial charge in [-0.25, -0.2) is 4.98 Å². The Morgan fingerprint density at radius 1 is 1.15 bits per heavy atom. The number of hydrogen-bond donors (Lipinski definition) is 1. The van der Waals surface area contributed by atoms with E-state index in [1.807, 2.05) is 53.2 Å². The topological polar surface area (TPSA) is 72.7 Å². The lowest BCUT2D eigenvalue weighted by Crippen LogP contribution is -2.28. The van der Waals surface area contributed by atoms with Crippen LogP contribution in [0, 0.1) is 0 Å². The number of halogens is 1. The van der Waals surface area contributed by atoms with Gasteiger partial charge in [0.05, 0.1) is 12.2 Å². The molecular formula is C20H20BrN3O3. The number of ketones is 1. The molecule has 0 aliphatic heterocycles. The van der Waals surface area contributed by atoms with Gasteiger partial charge in [-0.3, -0.25) is 4.79 Å². The summed E-state index contributed by atoms with van der Waals surface area (Å²) in [5, 5.41) is 2.80. The zero-order valence-electron chi connectivity index (χ0n) is 14.9. The van der Waals surface area contributed by atoms with Crippen molar-refractivity contribution in [3.8, 4) is 5.75 Å². The van der Waals surface area contributed by atoms with Crippen LogP contribution in [0.5, 0.6) is 5.75 Å². The van der Waals surface area contributed by atoms with Gasteiger partial charge >= 0.3 is 0 Å². The molecule has 0 bridgehead atoms. The minimum absolute atomic E-state index is 0.0638. The number of Topliss-reactive ketones (excluding diaryl/α,β-unsaturated/α-hetero) is 1. The molecule has 6 nitrogen and oxygen atoms in total. The van der Waals surface area contributed by atoms with Crippen molar-refractivity contribution in [1.82, 2.24) is 14.7 Å². The number of fused-ring (bicyclic) bond motifs is 1. The van der Waals surface area contributed by atoms with Crippen LogP contribution < -0.4 is 10.1 Å². The van der Waals surface area contributed by atoms with Crippen molar-refractivity contribution < 1.29 is 14.3 Å². The number of aryl methyl sites for hydroxylation is 1. The van der Waals surface area contributed by atoms with Crippen LogP contribution in [0.4, 0.5) is 0 Å². The van der Waals surface area contributed by atoms with E-state index in [4.69, 9.17) is 4.74 Å². The average Bonchev–Trinajstić information content (AvgIpc) is 3.05. The Morgan fingerprint density at radius 3 is 2.67 bits per heavy atom. The molecule has 0 aliphatic carbocycles. The molecule has 0 saturated heterocycles. The summed E-state index contributed by atoms with van der Waals surface area (Å²) in [5.74, 6) is 0.577. The Bertz CT molecular complexity index is 951. The minimum atomic E-state index is -0.214. The highest BCUT2D eigenvalue weighted by atomic mass is 79.9. The van der Waals surface area contributed by atoms with Crippen molar-refractivity contribution in [2.45, 2.75) is 26.3 Å². The lowest BCUT2D eigenvalue weighted by Gasteiger charge is -2.07. The van der Waals surface area contributed by atoms with E-state index in [0.717, 1.165) is 21.4 Å². The van der Waals surface area contributed by atoms with Crippen LogP contribution in [-0.4, -0.2) is 27.7 Å². The number of nitrogens with one attached hydrogen (secondary N) is 1. The van der Waals surface area contributed by atoms with Gasteiger partial charge in [-0.15, -0.1) is 0 Å². The summed E-state index contributed by atoms with van der Waals surface area (Å²) < 4.78 is 8.36. The smallest absolute Gasteiger partial charge is 0.258 e. The molecule has 0 atom stereocenters. The number of aromatic nitrogens is 2. The van der Waals surface area contributed by atoms with E-state index < -0.39 is 0 Å². The fourth-order valence-electron chi connectivity index (χ4n) is 2.56. The Balaban J connectivity index is 1.45. The summed E-state index contributed by atoms with van der Waals surface area (Å²) >= 11 is 3.42. The molecular weight excluding hydrogens is 410 g/mol. The number of nitrogens with zero attached hydrogens (tertiary/aromatic N) is 2. The molecule has 0 aliphatic rings. The van der Waals surface area contributed by atoms with Crippen LogP contribution in [0.15, 0.2) is 53.3 Å². The standard InChI is InChI=1S/C20H20BrN3O3/c1-14(25)2-3-15-4-7-18(8-5-15)27-13-20(26)22-10-17-12-24-11-16(21)6-9-19(24)23-17/h4-9,11-12H,2-3,10,13H2,1H3,(H,22,26). The molecule has 7 heteroatoms. The maximum absolute atomic E-state index is 12.0. The second-order valence-corrected chi connectivity index (χ2v) is 7.17. The highest BCUT2D eigenvalue weighted by Crippen LogP contribution is 2.14. The molecule has 140 valence electrons. The number of rotatable bonds is 8. The normalized spacial score (nSPS) is 10.7.